The maximum absolute atomic E-state index is 12.7. The fraction of sp³-hybridized carbons (Fsp3) is 0.529. The third-order valence-electron chi connectivity index (χ3n) is 4.38. The van der Waals surface area contributed by atoms with Crippen molar-refractivity contribution in [2.24, 2.45) is 0 Å². The largest absolute Gasteiger partial charge is 0.253 e. The van der Waals surface area contributed by atoms with E-state index in [4.69, 9.17) is 4.78 Å². The quantitative estimate of drug-likeness (QED) is 0.919. The Morgan fingerprint density at radius 1 is 1.13 bits per heavy atom. The van der Waals surface area contributed by atoms with E-state index in [0.717, 1.165) is 17.0 Å². The number of aromatic nitrogens is 3. The van der Waals surface area contributed by atoms with Crippen LogP contribution in [-0.2, 0) is 27.1 Å². The van der Waals surface area contributed by atoms with Crippen molar-refractivity contribution in [1.29, 1.82) is 4.78 Å². The fourth-order valence-corrected chi connectivity index (χ4v) is 6.37. The predicted octanol–water partition coefficient (Wildman–Crippen LogP) is 2.94. The van der Waals surface area contributed by atoms with Gasteiger partial charge in [0, 0.05) is 32.1 Å². The summed E-state index contributed by atoms with van der Waals surface area (Å²) in [6, 6.07) is 10.1. The highest BCUT2D eigenvalue weighted by atomic mass is 32.2. The summed E-state index contributed by atoms with van der Waals surface area (Å²) in [6.45, 7) is 8.77. The number of nitrogens with zero attached hydrogens (tertiary/aromatic N) is 3. The summed E-state index contributed by atoms with van der Waals surface area (Å²) in [4.78, 5) is 0. The highest BCUT2D eigenvalue weighted by molar-refractivity contribution is 7.92. The van der Waals surface area contributed by atoms with Crippen molar-refractivity contribution in [3.8, 4) is 0 Å². The van der Waals surface area contributed by atoms with Crippen LogP contribution in [0.1, 0.15) is 44.6 Å². The van der Waals surface area contributed by atoms with E-state index >= 15 is 0 Å². The summed E-state index contributed by atoms with van der Waals surface area (Å²) in [5.74, 6) is 0.680. The first kappa shape index (κ1) is 16.2. The van der Waals surface area contributed by atoms with E-state index in [-0.39, 0.29) is 5.41 Å². The standard InChI is InChI=1S/C17H24N4OS/c1-16(2)11-23(18,22)12-17(3,4)15-14(16)19-20-21(15)10-13-8-6-5-7-9-13/h5-9,18H,10-12H2,1-4H3. The molecule has 6 heteroatoms. The second-order valence-electron chi connectivity index (χ2n) is 7.80. The van der Waals surface area contributed by atoms with Gasteiger partial charge in [-0.25, -0.2) is 8.89 Å². The molecule has 1 atom stereocenters. The zero-order chi connectivity index (χ0) is 16.9. The van der Waals surface area contributed by atoms with Gasteiger partial charge < -0.3 is 0 Å². The molecule has 1 N–H and O–H groups in total. The predicted molar refractivity (Wildman–Crippen MR) is 92.2 cm³/mol. The van der Waals surface area contributed by atoms with Crippen molar-refractivity contribution in [1.82, 2.24) is 15.0 Å². The van der Waals surface area contributed by atoms with Crippen LogP contribution in [0.25, 0.3) is 0 Å². The minimum Gasteiger partial charge on any atom is -0.253 e. The van der Waals surface area contributed by atoms with Gasteiger partial charge in [0.15, 0.2) is 0 Å². The van der Waals surface area contributed by atoms with Gasteiger partial charge in [0.2, 0.25) is 0 Å². The molecule has 0 radical (unpaired) electrons. The summed E-state index contributed by atoms with van der Waals surface area (Å²) >= 11 is 0. The van der Waals surface area contributed by atoms with Crippen molar-refractivity contribution in [3.63, 3.8) is 0 Å². The van der Waals surface area contributed by atoms with Crippen LogP contribution in [0, 0.1) is 4.78 Å². The van der Waals surface area contributed by atoms with E-state index < -0.39 is 15.1 Å². The van der Waals surface area contributed by atoms with Gasteiger partial charge in [-0.3, -0.25) is 4.78 Å². The highest BCUT2D eigenvalue weighted by Crippen LogP contribution is 2.39. The molecular weight excluding hydrogens is 308 g/mol. The molecule has 124 valence electrons. The Labute approximate surface area is 138 Å². The van der Waals surface area contributed by atoms with Crippen LogP contribution in [0.3, 0.4) is 0 Å². The molecule has 0 spiro atoms. The molecule has 3 rings (SSSR count). The van der Waals surface area contributed by atoms with E-state index in [0.29, 0.717) is 18.1 Å². The van der Waals surface area contributed by atoms with Crippen molar-refractivity contribution in [2.45, 2.75) is 45.1 Å². The van der Waals surface area contributed by atoms with Crippen molar-refractivity contribution >= 4 is 9.73 Å². The second-order valence-corrected chi connectivity index (χ2v) is 10.00. The van der Waals surface area contributed by atoms with Crippen LogP contribution in [-0.4, -0.2) is 30.7 Å². The summed E-state index contributed by atoms with van der Waals surface area (Å²) in [7, 11) is -2.64. The third kappa shape index (κ3) is 3.04. The van der Waals surface area contributed by atoms with Crippen molar-refractivity contribution in [3.05, 3.63) is 47.3 Å². The number of benzene rings is 1. The summed E-state index contributed by atoms with van der Waals surface area (Å²) < 4.78 is 22.9. The average molecular weight is 332 g/mol. The van der Waals surface area contributed by atoms with E-state index in [2.05, 4.69) is 22.4 Å². The van der Waals surface area contributed by atoms with Gasteiger partial charge in [-0.05, 0) is 5.56 Å². The normalized spacial score (nSPS) is 25.6. The second kappa shape index (κ2) is 5.16. The maximum atomic E-state index is 12.7. The number of rotatable bonds is 2. The lowest BCUT2D eigenvalue weighted by atomic mass is 9.82. The first-order valence-electron chi connectivity index (χ1n) is 7.83. The lowest BCUT2D eigenvalue weighted by molar-refractivity contribution is 0.496. The molecule has 0 aliphatic carbocycles. The molecule has 2 aromatic rings. The SMILES string of the molecule is CC1(C)CS(=N)(=O)CC(C)(C)c2c1nnn2Cc1ccccc1. The molecule has 1 aromatic carbocycles. The van der Waals surface area contributed by atoms with E-state index in [1.54, 1.807) is 0 Å². The summed E-state index contributed by atoms with van der Waals surface area (Å²) in [5.41, 5.74) is 2.27. The molecule has 1 aliphatic heterocycles. The van der Waals surface area contributed by atoms with Gasteiger partial charge in [0.05, 0.1) is 17.9 Å². The molecule has 1 aliphatic rings. The van der Waals surface area contributed by atoms with Crippen LogP contribution in [0.4, 0.5) is 0 Å². The van der Waals surface area contributed by atoms with Crippen LogP contribution in [0.2, 0.25) is 0 Å². The maximum Gasteiger partial charge on any atom is 0.0930 e. The van der Waals surface area contributed by atoms with Crippen LogP contribution < -0.4 is 0 Å². The minimum absolute atomic E-state index is 0.334. The lowest BCUT2D eigenvalue weighted by Gasteiger charge is -2.25. The number of fused-ring (bicyclic) bond motifs is 1. The molecule has 1 aromatic heterocycles. The number of hydrogen-bond acceptors (Lipinski definition) is 4. The topological polar surface area (TPSA) is 71.6 Å². The Morgan fingerprint density at radius 3 is 2.39 bits per heavy atom. The van der Waals surface area contributed by atoms with Crippen LogP contribution in [0.15, 0.2) is 30.3 Å². The Hall–Kier alpha value is -1.69. The molecule has 0 saturated heterocycles. The molecule has 0 bridgehead atoms. The summed E-state index contributed by atoms with van der Waals surface area (Å²) in [6.07, 6.45) is 0. The molecule has 1 unspecified atom stereocenters. The van der Waals surface area contributed by atoms with Gasteiger partial charge in [-0.1, -0.05) is 63.2 Å². The number of nitrogens with one attached hydrogen (secondary N) is 1. The average Bonchev–Trinajstić information content (AvgIpc) is 2.80. The van der Waals surface area contributed by atoms with Gasteiger partial charge in [0.1, 0.15) is 0 Å². The van der Waals surface area contributed by atoms with Crippen LogP contribution in [0.5, 0.6) is 0 Å². The molecular formula is C17H24N4OS. The lowest BCUT2D eigenvalue weighted by Crippen LogP contribution is -2.30. The molecule has 0 fully saturated rings. The summed E-state index contributed by atoms with van der Waals surface area (Å²) in [5, 5.41) is 8.82. The van der Waals surface area contributed by atoms with Crippen molar-refractivity contribution in [2.75, 3.05) is 11.5 Å². The Morgan fingerprint density at radius 2 is 1.74 bits per heavy atom. The molecule has 2 heterocycles. The van der Waals surface area contributed by atoms with Gasteiger partial charge in [-0.2, -0.15) is 0 Å². The Kier molecular flexibility index (Phi) is 3.63. The van der Waals surface area contributed by atoms with E-state index in [1.165, 1.54) is 0 Å². The molecule has 0 amide bonds. The first-order chi connectivity index (χ1) is 10.6. The molecule has 23 heavy (non-hydrogen) atoms. The van der Waals surface area contributed by atoms with Gasteiger partial charge >= 0.3 is 0 Å². The van der Waals surface area contributed by atoms with Gasteiger partial charge in [-0.15, -0.1) is 5.10 Å². The highest BCUT2D eigenvalue weighted by Gasteiger charge is 2.43. The fourth-order valence-electron chi connectivity index (χ4n) is 3.66. The first-order valence-corrected chi connectivity index (χ1v) is 9.73. The zero-order valence-electron chi connectivity index (χ0n) is 14.2. The monoisotopic (exact) mass is 332 g/mol. The minimum atomic E-state index is -2.64. The smallest absolute Gasteiger partial charge is 0.0930 e. The van der Waals surface area contributed by atoms with E-state index in [9.17, 15) is 4.21 Å². The zero-order valence-corrected chi connectivity index (χ0v) is 15.0. The Bertz CT molecular complexity index is 820. The third-order valence-corrected chi connectivity index (χ3v) is 6.76. The van der Waals surface area contributed by atoms with Gasteiger partial charge in [0.25, 0.3) is 0 Å². The molecule has 0 saturated carbocycles. The van der Waals surface area contributed by atoms with Crippen molar-refractivity contribution < 1.29 is 4.21 Å². The van der Waals surface area contributed by atoms with Crippen LogP contribution >= 0.6 is 0 Å². The number of hydrogen-bond donors (Lipinski definition) is 1. The molecule has 5 nitrogen and oxygen atoms in total. The Balaban J connectivity index is 2.13. The van der Waals surface area contributed by atoms with E-state index in [1.807, 2.05) is 50.6 Å².